The van der Waals surface area contributed by atoms with Gasteiger partial charge in [-0.3, -0.25) is 4.79 Å². The van der Waals surface area contributed by atoms with Crippen LogP contribution in [0, 0.1) is 11.7 Å². The standard InChI is InChI=1S/C24H28FNO3/c1-18-22-10-12-26(17-19-6-5-9-21(25)16-19)23(27)24(22,11-13-28-14-15-29-18)20-7-3-2-4-8-20/h2-9,16,18,22H,10-15,17H2,1H3/t18-,22-,24?/m0/s1. The van der Waals surface area contributed by atoms with Crippen molar-refractivity contribution in [3.63, 3.8) is 0 Å². The van der Waals surface area contributed by atoms with Crippen LogP contribution in [0.25, 0.3) is 0 Å². The predicted octanol–water partition coefficient (Wildman–Crippen LogP) is 3.94. The largest absolute Gasteiger partial charge is 0.379 e. The summed E-state index contributed by atoms with van der Waals surface area (Å²) in [6.07, 6.45) is 1.42. The fraction of sp³-hybridized carbons (Fsp3) is 0.458. The highest BCUT2D eigenvalue weighted by Gasteiger charge is 2.53. The Bertz CT molecular complexity index is 843. The summed E-state index contributed by atoms with van der Waals surface area (Å²) in [4.78, 5) is 15.9. The number of likely N-dealkylation sites (tertiary alicyclic amines) is 1. The van der Waals surface area contributed by atoms with Crippen molar-refractivity contribution in [3.05, 3.63) is 71.5 Å². The zero-order chi connectivity index (χ0) is 20.3. The van der Waals surface area contributed by atoms with Crippen LogP contribution in [-0.4, -0.2) is 43.3 Å². The van der Waals surface area contributed by atoms with Gasteiger partial charge in [0.15, 0.2) is 0 Å². The molecule has 1 amide bonds. The van der Waals surface area contributed by atoms with Gasteiger partial charge in [0.25, 0.3) is 0 Å². The van der Waals surface area contributed by atoms with E-state index in [2.05, 4.69) is 6.92 Å². The van der Waals surface area contributed by atoms with Crippen LogP contribution in [0.1, 0.15) is 30.9 Å². The molecule has 0 spiro atoms. The maximum absolute atomic E-state index is 14.0. The first-order valence-electron chi connectivity index (χ1n) is 10.4. The lowest BCUT2D eigenvalue weighted by Crippen LogP contribution is -2.59. The van der Waals surface area contributed by atoms with Gasteiger partial charge in [-0.05, 0) is 43.0 Å². The molecule has 0 bridgehead atoms. The molecular weight excluding hydrogens is 369 g/mol. The summed E-state index contributed by atoms with van der Waals surface area (Å²) in [7, 11) is 0. The first-order chi connectivity index (χ1) is 14.1. The number of nitrogens with zero attached hydrogens (tertiary/aromatic N) is 1. The summed E-state index contributed by atoms with van der Waals surface area (Å²) in [5, 5.41) is 0. The Balaban J connectivity index is 1.73. The lowest BCUT2D eigenvalue weighted by atomic mass is 9.62. The topological polar surface area (TPSA) is 38.8 Å². The molecule has 29 heavy (non-hydrogen) atoms. The maximum atomic E-state index is 14.0. The average molecular weight is 397 g/mol. The highest BCUT2D eigenvalue weighted by Crippen LogP contribution is 2.45. The van der Waals surface area contributed by atoms with Gasteiger partial charge in [-0.2, -0.15) is 0 Å². The van der Waals surface area contributed by atoms with Crippen molar-refractivity contribution in [1.82, 2.24) is 4.90 Å². The van der Waals surface area contributed by atoms with Crippen molar-refractivity contribution in [2.45, 2.75) is 37.8 Å². The molecular formula is C24H28FNO3. The Morgan fingerprint density at radius 3 is 2.72 bits per heavy atom. The van der Waals surface area contributed by atoms with E-state index in [4.69, 9.17) is 9.47 Å². The minimum atomic E-state index is -0.698. The number of carbonyl (C=O) groups excluding carboxylic acids is 1. The molecule has 4 nitrogen and oxygen atoms in total. The molecule has 2 heterocycles. The van der Waals surface area contributed by atoms with Gasteiger partial charge in [-0.25, -0.2) is 4.39 Å². The lowest BCUT2D eigenvalue weighted by molar-refractivity contribution is -0.150. The first-order valence-corrected chi connectivity index (χ1v) is 10.4. The third-order valence-corrected chi connectivity index (χ3v) is 6.38. The number of halogens is 1. The molecule has 0 radical (unpaired) electrons. The minimum absolute atomic E-state index is 0.0443. The Hall–Kier alpha value is -2.24. The number of ether oxygens (including phenoxy) is 2. The third-order valence-electron chi connectivity index (χ3n) is 6.38. The van der Waals surface area contributed by atoms with Crippen LogP contribution >= 0.6 is 0 Å². The first kappa shape index (κ1) is 20.0. The van der Waals surface area contributed by atoms with E-state index in [-0.39, 0.29) is 23.7 Å². The fourth-order valence-electron chi connectivity index (χ4n) is 4.98. The predicted molar refractivity (Wildman–Crippen MR) is 109 cm³/mol. The SMILES string of the molecule is C[C@@H]1OCCOCCC2(c3ccccc3)C(=O)N(Cc3cccc(F)c3)CC[C@@H]12. The molecule has 5 heteroatoms. The number of hydrogen-bond donors (Lipinski definition) is 0. The highest BCUT2D eigenvalue weighted by atomic mass is 19.1. The molecule has 2 aliphatic heterocycles. The van der Waals surface area contributed by atoms with E-state index in [0.29, 0.717) is 39.3 Å². The highest BCUT2D eigenvalue weighted by molar-refractivity contribution is 5.89. The number of rotatable bonds is 3. The lowest BCUT2D eigenvalue weighted by Gasteiger charge is -2.49. The average Bonchev–Trinajstić information content (AvgIpc) is 2.81. The molecule has 0 aliphatic carbocycles. The number of benzene rings is 2. The van der Waals surface area contributed by atoms with Crippen LogP contribution in [0.2, 0.25) is 0 Å². The molecule has 0 N–H and O–H groups in total. The number of carbonyl (C=O) groups is 1. The summed E-state index contributed by atoms with van der Waals surface area (Å²) >= 11 is 0. The van der Waals surface area contributed by atoms with Gasteiger partial charge in [0, 0.05) is 25.6 Å². The van der Waals surface area contributed by atoms with E-state index in [1.807, 2.05) is 41.3 Å². The van der Waals surface area contributed by atoms with Crippen molar-refractivity contribution in [2.75, 3.05) is 26.4 Å². The molecule has 2 aromatic rings. The van der Waals surface area contributed by atoms with Crippen LogP contribution in [0.3, 0.4) is 0 Å². The van der Waals surface area contributed by atoms with Crippen molar-refractivity contribution < 1.29 is 18.7 Å². The van der Waals surface area contributed by atoms with Gasteiger partial charge in [-0.15, -0.1) is 0 Å². The van der Waals surface area contributed by atoms with E-state index in [9.17, 15) is 9.18 Å². The van der Waals surface area contributed by atoms with Crippen LogP contribution in [0.5, 0.6) is 0 Å². The molecule has 0 aromatic heterocycles. The summed E-state index contributed by atoms with van der Waals surface area (Å²) < 4.78 is 25.5. The number of amides is 1. The molecule has 3 atom stereocenters. The molecule has 0 saturated carbocycles. The van der Waals surface area contributed by atoms with Crippen molar-refractivity contribution in [2.24, 2.45) is 5.92 Å². The maximum Gasteiger partial charge on any atom is 0.234 e. The normalized spacial score (nSPS) is 28.2. The Kier molecular flexibility index (Phi) is 5.97. The molecule has 4 rings (SSSR count). The molecule has 2 aliphatic rings. The van der Waals surface area contributed by atoms with Crippen molar-refractivity contribution >= 4 is 5.91 Å². The van der Waals surface area contributed by atoms with Crippen LogP contribution in [0.4, 0.5) is 4.39 Å². The second-order valence-electron chi connectivity index (χ2n) is 8.03. The molecule has 2 saturated heterocycles. The van der Waals surface area contributed by atoms with Crippen molar-refractivity contribution in [3.8, 4) is 0 Å². The monoisotopic (exact) mass is 397 g/mol. The zero-order valence-electron chi connectivity index (χ0n) is 16.9. The Morgan fingerprint density at radius 2 is 1.93 bits per heavy atom. The van der Waals surface area contributed by atoms with Crippen molar-refractivity contribution in [1.29, 1.82) is 0 Å². The van der Waals surface area contributed by atoms with E-state index < -0.39 is 5.41 Å². The molecule has 154 valence electrons. The summed E-state index contributed by atoms with van der Waals surface area (Å²) in [5.74, 6) is -0.117. The molecule has 1 unspecified atom stereocenters. The van der Waals surface area contributed by atoms with Gasteiger partial charge in [0.1, 0.15) is 5.82 Å². The van der Waals surface area contributed by atoms with E-state index in [1.165, 1.54) is 12.1 Å². The van der Waals surface area contributed by atoms with Crippen LogP contribution < -0.4 is 0 Å². The van der Waals surface area contributed by atoms with E-state index >= 15 is 0 Å². The number of hydrogen-bond acceptors (Lipinski definition) is 3. The summed E-state index contributed by atoms with van der Waals surface area (Å²) in [6.45, 7) is 4.73. The second-order valence-corrected chi connectivity index (χ2v) is 8.03. The molecule has 2 fully saturated rings. The number of piperidine rings is 1. The molecule has 2 aromatic carbocycles. The Morgan fingerprint density at radius 1 is 1.10 bits per heavy atom. The van der Waals surface area contributed by atoms with Gasteiger partial charge in [-0.1, -0.05) is 42.5 Å². The van der Waals surface area contributed by atoms with Crippen LogP contribution in [-0.2, 0) is 26.2 Å². The fourth-order valence-corrected chi connectivity index (χ4v) is 4.98. The van der Waals surface area contributed by atoms with Gasteiger partial charge >= 0.3 is 0 Å². The van der Waals surface area contributed by atoms with E-state index in [1.54, 1.807) is 6.07 Å². The summed E-state index contributed by atoms with van der Waals surface area (Å²) in [5.41, 5.74) is 1.12. The summed E-state index contributed by atoms with van der Waals surface area (Å²) in [6, 6.07) is 16.5. The smallest absolute Gasteiger partial charge is 0.234 e. The van der Waals surface area contributed by atoms with Gasteiger partial charge in [0.2, 0.25) is 5.91 Å². The minimum Gasteiger partial charge on any atom is -0.379 e. The Labute approximate surface area is 171 Å². The second kappa shape index (κ2) is 8.64. The number of fused-ring (bicyclic) bond motifs is 1. The van der Waals surface area contributed by atoms with E-state index in [0.717, 1.165) is 17.5 Å². The van der Waals surface area contributed by atoms with Crippen LogP contribution in [0.15, 0.2) is 54.6 Å². The quantitative estimate of drug-likeness (QED) is 0.788. The third kappa shape index (κ3) is 3.94. The van der Waals surface area contributed by atoms with Gasteiger partial charge < -0.3 is 14.4 Å². The zero-order valence-corrected chi connectivity index (χ0v) is 16.9. The van der Waals surface area contributed by atoms with Gasteiger partial charge in [0.05, 0.1) is 24.7 Å².